The summed E-state index contributed by atoms with van der Waals surface area (Å²) >= 11 is 0. The second-order valence-corrected chi connectivity index (χ2v) is 2.37. The van der Waals surface area contributed by atoms with Gasteiger partial charge in [0.1, 0.15) is 0 Å². The summed E-state index contributed by atoms with van der Waals surface area (Å²) in [7, 11) is 0. The summed E-state index contributed by atoms with van der Waals surface area (Å²) in [6.07, 6.45) is 3.44. The minimum absolute atomic E-state index is 0. The van der Waals surface area contributed by atoms with Crippen molar-refractivity contribution in [2.24, 2.45) is 0 Å². The fraction of sp³-hybridized carbons (Fsp3) is 0.429. The molecule has 0 amide bonds. The summed E-state index contributed by atoms with van der Waals surface area (Å²) in [5, 5.41) is 3.08. The average molecular weight is 139 g/mol. The monoisotopic (exact) mass is 139 g/mol. The molecule has 0 bridgehead atoms. The third-order valence-corrected chi connectivity index (χ3v) is 0.984. The Morgan fingerprint density at radius 1 is 1.40 bits per heavy atom. The number of rotatable bonds is 2. The molecule has 3 nitrogen and oxygen atoms in total. The first-order chi connectivity index (χ1) is 4.79. The van der Waals surface area contributed by atoms with E-state index in [1.165, 1.54) is 0 Å². The summed E-state index contributed by atoms with van der Waals surface area (Å²) in [5.41, 5.74) is 0. The van der Waals surface area contributed by atoms with Gasteiger partial charge in [-0.25, -0.2) is 9.97 Å². The van der Waals surface area contributed by atoms with Crippen molar-refractivity contribution in [3.63, 3.8) is 0 Å². The lowest BCUT2D eigenvalue weighted by Gasteiger charge is -2.05. The molecule has 1 aromatic rings. The third-order valence-electron chi connectivity index (χ3n) is 0.984. The van der Waals surface area contributed by atoms with Gasteiger partial charge in [-0.3, -0.25) is 0 Å². The van der Waals surface area contributed by atoms with Gasteiger partial charge in [-0.05, 0) is 19.9 Å². The van der Waals surface area contributed by atoms with E-state index in [0.29, 0.717) is 12.0 Å². The van der Waals surface area contributed by atoms with Crippen LogP contribution in [-0.4, -0.2) is 16.0 Å². The van der Waals surface area contributed by atoms with Crippen molar-refractivity contribution >= 4 is 5.95 Å². The number of hydrogen-bond donors (Lipinski definition) is 1. The molecule has 0 aliphatic heterocycles. The molecule has 0 unspecified atom stereocenters. The summed E-state index contributed by atoms with van der Waals surface area (Å²) < 4.78 is 0. The van der Waals surface area contributed by atoms with Crippen LogP contribution in [0.4, 0.5) is 5.95 Å². The van der Waals surface area contributed by atoms with E-state index in [1.54, 1.807) is 18.5 Å². The van der Waals surface area contributed by atoms with Crippen LogP contribution >= 0.6 is 0 Å². The van der Waals surface area contributed by atoms with Gasteiger partial charge in [0.2, 0.25) is 5.95 Å². The maximum Gasteiger partial charge on any atom is 0.222 e. The molecule has 0 aliphatic rings. The van der Waals surface area contributed by atoms with Gasteiger partial charge in [-0.2, -0.15) is 0 Å². The van der Waals surface area contributed by atoms with Gasteiger partial charge < -0.3 is 5.32 Å². The van der Waals surface area contributed by atoms with Crippen LogP contribution in [-0.2, 0) is 0 Å². The molecule has 56 valence electrons. The fourth-order valence-electron chi connectivity index (χ4n) is 0.632. The number of nitrogens with one attached hydrogen (secondary N) is 1. The van der Waals surface area contributed by atoms with Gasteiger partial charge in [0.05, 0.1) is 0 Å². The van der Waals surface area contributed by atoms with Gasteiger partial charge in [-0.15, -0.1) is 0 Å². The quantitative estimate of drug-likeness (QED) is 0.675. The fourth-order valence-corrected chi connectivity index (χ4v) is 0.632. The maximum absolute atomic E-state index is 4.00. The topological polar surface area (TPSA) is 37.8 Å². The standard InChI is InChI=1S/C7H11N3.H2/c1-6(2)10-7-8-4-3-5-9-7;/h3-6H,1-2H3,(H,8,9,10);1H. The molecule has 0 atom stereocenters. The van der Waals surface area contributed by atoms with Crippen molar-refractivity contribution in [1.82, 2.24) is 9.97 Å². The van der Waals surface area contributed by atoms with E-state index in [4.69, 9.17) is 0 Å². The van der Waals surface area contributed by atoms with Crippen molar-refractivity contribution in [2.45, 2.75) is 19.9 Å². The Kier molecular flexibility index (Phi) is 2.20. The van der Waals surface area contributed by atoms with Gasteiger partial charge in [0.15, 0.2) is 0 Å². The minimum atomic E-state index is 0. The Balaban J connectivity index is 0.000001000. The maximum atomic E-state index is 4.00. The number of anilines is 1. The van der Waals surface area contributed by atoms with E-state index in [1.807, 2.05) is 0 Å². The zero-order valence-electron chi connectivity index (χ0n) is 6.20. The normalized spacial score (nSPS) is 9.90. The average Bonchev–Trinajstić information content (AvgIpc) is 1.88. The molecule has 3 heteroatoms. The molecular formula is C7H13N3. The number of hydrogen-bond acceptors (Lipinski definition) is 3. The molecule has 1 rings (SSSR count). The van der Waals surface area contributed by atoms with E-state index >= 15 is 0 Å². The Morgan fingerprint density at radius 2 is 2.00 bits per heavy atom. The van der Waals surface area contributed by atoms with Crippen LogP contribution < -0.4 is 5.32 Å². The highest BCUT2D eigenvalue weighted by molar-refractivity contribution is 5.22. The Hall–Kier alpha value is -1.12. The largest absolute Gasteiger partial charge is 0.352 e. The molecule has 1 aromatic heterocycles. The van der Waals surface area contributed by atoms with Gasteiger partial charge in [0.25, 0.3) is 0 Å². The zero-order chi connectivity index (χ0) is 7.40. The third kappa shape index (κ3) is 2.01. The van der Waals surface area contributed by atoms with Crippen LogP contribution in [0.2, 0.25) is 0 Å². The van der Waals surface area contributed by atoms with Crippen molar-refractivity contribution in [1.29, 1.82) is 0 Å². The molecule has 1 N–H and O–H groups in total. The zero-order valence-corrected chi connectivity index (χ0v) is 6.20. The molecule has 10 heavy (non-hydrogen) atoms. The van der Waals surface area contributed by atoms with Crippen molar-refractivity contribution < 1.29 is 1.43 Å². The lowest BCUT2D eigenvalue weighted by atomic mass is 10.4. The smallest absolute Gasteiger partial charge is 0.222 e. The molecule has 0 fully saturated rings. The lowest BCUT2D eigenvalue weighted by Crippen LogP contribution is -2.11. The SMILES string of the molecule is CC(C)Nc1ncccn1.[HH]. The Labute approximate surface area is 62.0 Å². The molecule has 0 saturated heterocycles. The van der Waals surface area contributed by atoms with E-state index in [2.05, 4.69) is 29.1 Å². The summed E-state index contributed by atoms with van der Waals surface area (Å²) in [5.74, 6) is 0.692. The van der Waals surface area contributed by atoms with Crippen LogP contribution in [0.5, 0.6) is 0 Å². The predicted molar refractivity (Wildman–Crippen MR) is 42.9 cm³/mol. The highest BCUT2D eigenvalue weighted by Gasteiger charge is 1.93. The Bertz CT molecular complexity index is 188. The van der Waals surface area contributed by atoms with Gasteiger partial charge >= 0.3 is 0 Å². The first-order valence-electron chi connectivity index (χ1n) is 3.32. The number of aromatic nitrogens is 2. The highest BCUT2D eigenvalue weighted by Crippen LogP contribution is 1.95. The van der Waals surface area contributed by atoms with Crippen LogP contribution in [0.15, 0.2) is 18.5 Å². The first-order valence-corrected chi connectivity index (χ1v) is 3.32. The van der Waals surface area contributed by atoms with E-state index in [-0.39, 0.29) is 1.43 Å². The van der Waals surface area contributed by atoms with Crippen molar-refractivity contribution in [2.75, 3.05) is 5.32 Å². The molecule has 0 radical (unpaired) electrons. The highest BCUT2D eigenvalue weighted by atomic mass is 15.1. The van der Waals surface area contributed by atoms with Crippen molar-refractivity contribution in [3.05, 3.63) is 18.5 Å². The molecule has 0 spiro atoms. The molecule has 0 saturated carbocycles. The molecule has 0 aromatic carbocycles. The second-order valence-electron chi connectivity index (χ2n) is 2.37. The number of nitrogens with zero attached hydrogens (tertiary/aromatic N) is 2. The summed E-state index contributed by atoms with van der Waals surface area (Å²) in [6, 6.07) is 2.19. The van der Waals surface area contributed by atoms with E-state index in [0.717, 1.165) is 0 Å². The van der Waals surface area contributed by atoms with E-state index in [9.17, 15) is 0 Å². The van der Waals surface area contributed by atoms with Crippen LogP contribution in [0.25, 0.3) is 0 Å². The van der Waals surface area contributed by atoms with Crippen LogP contribution in [0, 0.1) is 0 Å². The molecule has 1 heterocycles. The predicted octanol–water partition coefficient (Wildman–Crippen LogP) is 1.54. The molecular weight excluding hydrogens is 126 g/mol. The minimum Gasteiger partial charge on any atom is -0.352 e. The van der Waals surface area contributed by atoms with Gasteiger partial charge in [-0.1, -0.05) is 0 Å². The van der Waals surface area contributed by atoms with Crippen LogP contribution in [0.1, 0.15) is 15.3 Å². The van der Waals surface area contributed by atoms with E-state index < -0.39 is 0 Å². The Morgan fingerprint density at radius 3 is 2.50 bits per heavy atom. The summed E-state index contributed by atoms with van der Waals surface area (Å²) in [6.45, 7) is 4.10. The molecule has 0 aliphatic carbocycles. The summed E-state index contributed by atoms with van der Waals surface area (Å²) in [4.78, 5) is 7.99. The first kappa shape index (κ1) is 6.99. The van der Waals surface area contributed by atoms with Crippen molar-refractivity contribution in [3.8, 4) is 0 Å². The van der Waals surface area contributed by atoms with Crippen LogP contribution in [0.3, 0.4) is 0 Å². The lowest BCUT2D eigenvalue weighted by molar-refractivity contribution is 0.874. The second kappa shape index (κ2) is 3.15. The van der Waals surface area contributed by atoms with Gasteiger partial charge in [0, 0.05) is 19.9 Å².